The third-order valence-electron chi connectivity index (χ3n) is 4.25. The number of rotatable bonds is 6. The zero-order valence-electron chi connectivity index (χ0n) is 12.8. The highest BCUT2D eigenvalue weighted by molar-refractivity contribution is 8.06. The van der Waals surface area contributed by atoms with Crippen LogP contribution in [0.5, 0.6) is 5.75 Å². The summed E-state index contributed by atoms with van der Waals surface area (Å²) in [6, 6.07) is 7.41. The topological polar surface area (TPSA) is 21.3 Å². The molecule has 0 radical (unpaired) electrons. The van der Waals surface area contributed by atoms with Gasteiger partial charge in [0.2, 0.25) is 0 Å². The number of nitrogens with one attached hydrogen (secondary N) is 1. The van der Waals surface area contributed by atoms with Gasteiger partial charge < -0.3 is 10.1 Å². The molecule has 1 fully saturated rings. The summed E-state index contributed by atoms with van der Waals surface area (Å²) in [5, 5.41) is 4.50. The lowest BCUT2D eigenvalue weighted by atomic mass is 10.0. The number of hydrogen-bond donors (Lipinski definition) is 1. The van der Waals surface area contributed by atoms with Crippen LogP contribution in [0.2, 0.25) is 0 Å². The average Bonchev–Trinajstić information content (AvgIpc) is 3.00. The van der Waals surface area contributed by atoms with E-state index in [2.05, 4.69) is 54.0 Å². The van der Waals surface area contributed by atoms with E-state index >= 15 is 0 Å². The molecule has 2 unspecified atom stereocenters. The van der Waals surface area contributed by atoms with Crippen LogP contribution in [-0.4, -0.2) is 41.7 Å². The summed E-state index contributed by atoms with van der Waals surface area (Å²) in [6.07, 6.45) is 3.49. The van der Waals surface area contributed by atoms with E-state index in [4.69, 9.17) is 4.74 Å². The highest BCUT2D eigenvalue weighted by Gasteiger charge is 2.23. The van der Waals surface area contributed by atoms with Gasteiger partial charge in [-0.3, -0.25) is 0 Å². The molecule has 0 saturated carbocycles. The maximum absolute atomic E-state index is 5.59. The summed E-state index contributed by atoms with van der Waals surface area (Å²) >= 11 is 4.28. The van der Waals surface area contributed by atoms with Crippen LogP contribution >= 0.6 is 23.5 Å². The number of aryl methyl sites for hydroxylation is 1. The standard InChI is InChI=1S/C17H25NOS2/c1-2-18-15(17-12-20-9-10-21-17)5-3-13-4-6-16-14(11-13)7-8-19-16/h4,6,11,15,17-18H,2-3,5,7-10,12H2,1H3. The number of thioether (sulfide) groups is 2. The van der Waals surface area contributed by atoms with Gasteiger partial charge in [0, 0.05) is 35.0 Å². The minimum absolute atomic E-state index is 0.650. The Morgan fingerprint density at radius 1 is 1.38 bits per heavy atom. The number of fused-ring (bicyclic) bond motifs is 1. The second-order valence-electron chi connectivity index (χ2n) is 5.73. The number of benzene rings is 1. The zero-order chi connectivity index (χ0) is 14.5. The van der Waals surface area contributed by atoms with Crippen LogP contribution in [0.4, 0.5) is 0 Å². The van der Waals surface area contributed by atoms with Crippen LogP contribution in [0.15, 0.2) is 18.2 Å². The van der Waals surface area contributed by atoms with Gasteiger partial charge >= 0.3 is 0 Å². The van der Waals surface area contributed by atoms with Crippen LogP contribution in [0, 0.1) is 0 Å². The third-order valence-corrected chi connectivity index (χ3v) is 7.17. The Morgan fingerprint density at radius 3 is 3.14 bits per heavy atom. The third kappa shape index (κ3) is 4.11. The van der Waals surface area contributed by atoms with E-state index in [9.17, 15) is 0 Å². The molecule has 2 heterocycles. The second-order valence-corrected chi connectivity index (χ2v) is 8.22. The molecule has 2 aliphatic rings. The first kappa shape index (κ1) is 15.6. The maximum atomic E-state index is 5.59. The van der Waals surface area contributed by atoms with Crippen molar-refractivity contribution in [3.05, 3.63) is 29.3 Å². The van der Waals surface area contributed by atoms with E-state index < -0.39 is 0 Å². The van der Waals surface area contributed by atoms with Crippen molar-refractivity contribution in [1.29, 1.82) is 0 Å². The summed E-state index contributed by atoms with van der Waals surface area (Å²) in [6.45, 7) is 4.15. The molecule has 2 atom stereocenters. The normalized spacial score (nSPS) is 22.6. The molecule has 4 heteroatoms. The van der Waals surface area contributed by atoms with Gasteiger partial charge in [-0.05, 0) is 36.6 Å². The van der Waals surface area contributed by atoms with Crippen molar-refractivity contribution >= 4 is 23.5 Å². The molecule has 2 nitrogen and oxygen atoms in total. The monoisotopic (exact) mass is 323 g/mol. The van der Waals surface area contributed by atoms with Crippen molar-refractivity contribution in [3.8, 4) is 5.75 Å². The van der Waals surface area contributed by atoms with Crippen LogP contribution < -0.4 is 10.1 Å². The molecule has 1 aromatic carbocycles. The predicted molar refractivity (Wildman–Crippen MR) is 95.0 cm³/mol. The van der Waals surface area contributed by atoms with Crippen molar-refractivity contribution in [2.75, 3.05) is 30.4 Å². The SMILES string of the molecule is CCNC(CCc1ccc2c(c1)CCO2)C1CSCCS1. The predicted octanol–water partition coefficient (Wildman–Crippen LogP) is 3.38. The molecule has 116 valence electrons. The van der Waals surface area contributed by atoms with E-state index in [0.29, 0.717) is 6.04 Å². The van der Waals surface area contributed by atoms with Crippen molar-refractivity contribution in [3.63, 3.8) is 0 Å². The van der Waals surface area contributed by atoms with Crippen LogP contribution in [0.1, 0.15) is 24.5 Å². The van der Waals surface area contributed by atoms with Crippen molar-refractivity contribution in [2.24, 2.45) is 0 Å². The van der Waals surface area contributed by atoms with Crippen molar-refractivity contribution in [2.45, 2.75) is 37.5 Å². The summed E-state index contributed by atoms with van der Waals surface area (Å²) in [7, 11) is 0. The van der Waals surface area contributed by atoms with Gasteiger partial charge in [-0.1, -0.05) is 19.1 Å². The van der Waals surface area contributed by atoms with Gasteiger partial charge in [0.15, 0.2) is 0 Å². The van der Waals surface area contributed by atoms with E-state index in [-0.39, 0.29) is 0 Å². The fraction of sp³-hybridized carbons (Fsp3) is 0.647. The molecule has 0 spiro atoms. The highest BCUT2D eigenvalue weighted by atomic mass is 32.2. The van der Waals surface area contributed by atoms with Gasteiger partial charge in [0.25, 0.3) is 0 Å². The zero-order valence-corrected chi connectivity index (χ0v) is 14.4. The lowest BCUT2D eigenvalue weighted by Gasteiger charge is -2.30. The Labute approximate surface area is 136 Å². The Balaban J connectivity index is 1.58. The maximum Gasteiger partial charge on any atom is 0.122 e. The molecule has 2 aliphatic heterocycles. The fourth-order valence-corrected chi connectivity index (χ4v) is 6.07. The lowest BCUT2D eigenvalue weighted by molar-refractivity contribution is 0.357. The molecule has 0 aromatic heterocycles. The van der Waals surface area contributed by atoms with Gasteiger partial charge in [0.1, 0.15) is 5.75 Å². The minimum atomic E-state index is 0.650. The van der Waals surface area contributed by atoms with Crippen LogP contribution in [-0.2, 0) is 12.8 Å². The van der Waals surface area contributed by atoms with Crippen LogP contribution in [0.3, 0.4) is 0 Å². The molecule has 1 N–H and O–H groups in total. The Kier molecular flexibility index (Phi) is 5.78. The smallest absolute Gasteiger partial charge is 0.122 e. The molecule has 1 aromatic rings. The number of hydrogen-bond acceptors (Lipinski definition) is 4. The van der Waals surface area contributed by atoms with E-state index in [1.54, 1.807) is 0 Å². The second kappa shape index (κ2) is 7.80. The molecule has 0 aliphatic carbocycles. The number of ether oxygens (including phenoxy) is 1. The Hall–Kier alpha value is -0.320. The lowest BCUT2D eigenvalue weighted by Crippen LogP contribution is -2.41. The van der Waals surface area contributed by atoms with Gasteiger partial charge in [-0.25, -0.2) is 0 Å². The molecule has 3 rings (SSSR count). The largest absolute Gasteiger partial charge is 0.493 e. The molecule has 21 heavy (non-hydrogen) atoms. The van der Waals surface area contributed by atoms with E-state index in [1.807, 2.05) is 0 Å². The quantitative estimate of drug-likeness (QED) is 0.866. The summed E-state index contributed by atoms with van der Waals surface area (Å²) in [4.78, 5) is 0. The highest BCUT2D eigenvalue weighted by Crippen LogP contribution is 2.29. The first-order chi connectivity index (χ1) is 10.4. The van der Waals surface area contributed by atoms with Crippen molar-refractivity contribution in [1.82, 2.24) is 5.32 Å². The first-order valence-electron chi connectivity index (χ1n) is 8.04. The summed E-state index contributed by atoms with van der Waals surface area (Å²) < 4.78 is 5.59. The first-order valence-corrected chi connectivity index (χ1v) is 10.2. The molecular weight excluding hydrogens is 298 g/mol. The Morgan fingerprint density at radius 2 is 2.33 bits per heavy atom. The minimum Gasteiger partial charge on any atom is -0.493 e. The Bertz CT molecular complexity index is 460. The molecule has 0 amide bonds. The van der Waals surface area contributed by atoms with E-state index in [0.717, 1.165) is 30.6 Å². The molecule has 0 bridgehead atoms. The van der Waals surface area contributed by atoms with Crippen LogP contribution in [0.25, 0.3) is 0 Å². The van der Waals surface area contributed by atoms with Gasteiger partial charge in [-0.2, -0.15) is 23.5 Å². The van der Waals surface area contributed by atoms with Crippen molar-refractivity contribution < 1.29 is 4.74 Å². The molecular formula is C17H25NOS2. The summed E-state index contributed by atoms with van der Waals surface area (Å²) in [5.41, 5.74) is 2.87. The fourth-order valence-electron chi connectivity index (χ4n) is 3.14. The molecule has 1 saturated heterocycles. The van der Waals surface area contributed by atoms with Gasteiger partial charge in [-0.15, -0.1) is 0 Å². The average molecular weight is 324 g/mol. The van der Waals surface area contributed by atoms with Gasteiger partial charge in [0.05, 0.1) is 6.61 Å². The summed E-state index contributed by atoms with van der Waals surface area (Å²) in [5.74, 6) is 5.04. The van der Waals surface area contributed by atoms with E-state index in [1.165, 1.54) is 41.2 Å².